The van der Waals surface area contributed by atoms with E-state index < -0.39 is 0 Å². The van der Waals surface area contributed by atoms with Crippen molar-refractivity contribution < 1.29 is 4.57 Å². The summed E-state index contributed by atoms with van der Waals surface area (Å²) in [7, 11) is 0. The van der Waals surface area contributed by atoms with E-state index in [4.69, 9.17) is 0 Å². The average Bonchev–Trinajstić information content (AvgIpc) is 2.83. The van der Waals surface area contributed by atoms with Crippen molar-refractivity contribution >= 4 is 0 Å². The zero-order valence-corrected chi connectivity index (χ0v) is 8.80. The second kappa shape index (κ2) is 3.19. The third-order valence-corrected chi connectivity index (χ3v) is 3.04. The van der Waals surface area contributed by atoms with Gasteiger partial charge >= 0.3 is 0 Å². The van der Waals surface area contributed by atoms with Crippen molar-refractivity contribution in [2.24, 2.45) is 0 Å². The predicted molar refractivity (Wildman–Crippen MR) is 56.8 cm³/mol. The number of hydrogen-bond acceptors (Lipinski definition) is 1. The zero-order valence-electron chi connectivity index (χ0n) is 8.80. The van der Waals surface area contributed by atoms with Gasteiger partial charge in [-0.05, 0) is 25.5 Å². The van der Waals surface area contributed by atoms with E-state index in [1.807, 2.05) is 22.9 Å². The maximum Gasteiger partial charge on any atom is 0.278 e. The molecular formula is C12H14N3+. The van der Waals surface area contributed by atoms with E-state index in [0.717, 1.165) is 12.1 Å². The Morgan fingerprint density at radius 1 is 1.33 bits per heavy atom. The Bertz CT molecular complexity index is 473. The van der Waals surface area contributed by atoms with E-state index in [0.29, 0.717) is 6.04 Å². The van der Waals surface area contributed by atoms with Crippen LogP contribution in [0.5, 0.6) is 0 Å². The standard InChI is InChI=1S/C12H14N3/c1-10-7-8-12-13-15(9-14(10)12)11-5-3-2-4-6-11/h2-6,9-10H,7-8H2,1H3/q+1/t10-/m1/s1. The van der Waals surface area contributed by atoms with Crippen molar-refractivity contribution in [3.63, 3.8) is 0 Å². The van der Waals surface area contributed by atoms with Crippen molar-refractivity contribution in [2.45, 2.75) is 25.8 Å². The van der Waals surface area contributed by atoms with Gasteiger partial charge in [-0.1, -0.05) is 22.9 Å². The third kappa shape index (κ3) is 1.35. The minimum Gasteiger partial charge on any atom is -0.232 e. The number of benzene rings is 1. The second-order valence-corrected chi connectivity index (χ2v) is 4.11. The Labute approximate surface area is 89.0 Å². The first kappa shape index (κ1) is 8.65. The van der Waals surface area contributed by atoms with Crippen LogP contribution in [-0.4, -0.2) is 9.78 Å². The van der Waals surface area contributed by atoms with Crippen LogP contribution >= 0.6 is 0 Å². The lowest BCUT2D eigenvalue weighted by atomic mass is 10.2. The van der Waals surface area contributed by atoms with Crippen LogP contribution in [0.1, 0.15) is 25.2 Å². The molecule has 0 spiro atoms. The number of para-hydroxylation sites is 1. The summed E-state index contributed by atoms with van der Waals surface area (Å²) < 4.78 is 4.23. The summed E-state index contributed by atoms with van der Waals surface area (Å²) in [5.41, 5.74) is 1.13. The van der Waals surface area contributed by atoms with Crippen LogP contribution in [-0.2, 0) is 6.42 Å². The fourth-order valence-electron chi connectivity index (χ4n) is 2.12. The quantitative estimate of drug-likeness (QED) is 0.642. The summed E-state index contributed by atoms with van der Waals surface area (Å²) >= 11 is 0. The van der Waals surface area contributed by atoms with Crippen molar-refractivity contribution in [2.75, 3.05) is 0 Å². The minimum atomic E-state index is 0.595. The Kier molecular flexibility index (Phi) is 1.84. The van der Waals surface area contributed by atoms with Crippen molar-refractivity contribution in [1.29, 1.82) is 0 Å². The van der Waals surface area contributed by atoms with E-state index in [2.05, 4.69) is 35.0 Å². The van der Waals surface area contributed by atoms with E-state index in [1.54, 1.807) is 0 Å². The molecule has 76 valence electrons. The largest absolute Gasteiger partial charge is 0.278 e. The van der Waals surface area contributed by atoms with Crippen LogP contribution < -0.4 is 4.57 Å². The summed E-state index contributed by atoms with van der Waals surface area (Å²) in [5, 5.41) is 4.59. The first-order valence-corrected chi connectivity index (χ1v) is 5.40. The molecule has 0 amide bonds. The minimum absolute atomic E-state index is 0.595. The maximum atomic E-state index is 4.59. The van der Waals surface area contributed by atoms with Crippen LogP contribution in [0.25, 0.3) is 5.69 Å². The Hall–Kier alpha value is -1.64. The highest BCUT2D eigenvalue weighted by atomic mass is 15.4. The van der Waals surface area contributed by atoms with E-state index in [1.165, 1.54) is 12.2 Å². The van der Waals surface area contributed by atoms with Crippen LogP contribution in [0.15, 0.2) is 36.7 Å². The molecule has 0 N–H and O–H groups in total. The van der Waals surface area contributed by atoms with Gasteiger partial charge in [-0.3, -0.25) is 0 Å². The second-order valence-electron chi connectivity index (χ2n) is 4.11. The van der Waals surface area contributed by atoms with Gasteiger partial charge in [0.1, 0.15) is 5.69 Å². The zero-order chi connectivity index (χ0) is 10.3. The Morgan fingerprint density at radius 3 is 2.87 bits per heavy atom. The van der Waals surface area contributed by atoms with Gasteiger partial charge < -0.3 is 0 Å². The molecule has 0 saturated heterocycles. The van der Waals surface area contributed by atoms with Crippen LogP contribution in [0.3, 0.4) is 0 Å². The molecule has 3 nitrogen and oxygen atoms in total. The van der Waals surface area contributed by atoms with Crippen LogP contribution in [0, 0.1) is 0 Å². The number of rotatable bonds is 1. The first-order valence-electron chi connectivity index (χ1n) is 5.40. The summed E-state index contributed by atoms with van der Waals surface area (Å²) in [5.74, 6) is 1.20. The highest BCUT2D eigenvalue weighted by molar-refractivity contribution is 5.28. The summed E-state index contributed by atoms with van der Waals surface area (Å²) in [6.45, 7) is 2.24. The van der Waals surface area contributed by atoms with Crippen molar-refractivity contribution in [3.05, 3.63) is 42.5 Å². The summed E-state index contributed by atoms with van der Waals surface area (Å²) in [4.78, 5) is 0. The number of aryl methyl sites for hydroxylation is 1. The number of hydrogen-bond donors (Lipinski definition) is 0. The van der Waals surface area contributed by atoms with Gasteiger partial charge in [-0.25, -0.2) is 4.57 Å². The van der Waals surface area contributed by atoms with Gasteiger partial charge in [0.2, 0.25) is 6.33 Å². The van der Waals surface area contributed by atoms with Crippen LogP contribution in [0.2, 0.25) is 0 Å². The van der Waals surface area contributed by atoms with Gasteiger partial charge in [-0.15, -0.1) is 0 Å². The first-order chi connectivity index (χ1) is 7.34. The molecule has 2 heterocycles. The monoisotopic (exact) mass is 200 g/mol. The lowest BCUT2D eigenvalue weighted by molar-refractivity contribution is -0.713. The van der Waals surface area contributed by atoms with Gasteiger partial charge in [-0.2, -0.15) is 0 Å². The molecule has 0 saturated carbocycles. The Balaban J connectivity index is 2.05. The molecule has 0 aliphatic carbocycles. The fourth-order valence-corrected chi connectivity index (χ4v) is 2.12. The maximum absolute atomic E-state index is 4.59. The van der Waals surface area contributed by atoms with Gasteiger partial charge in [0, 0.05) is 11.5 Å². The molecule has 3 heteroatoms. The normalized spacial score (nSPS) is 19.1. The number of aromatic nitrogens is 3. The van der Waals surface area contributed by atoms with Gasteiger partial charge in [0.05, 0.1) is 6.04 Å². The van der Waals surface area contributed by atoms with E-state index in [-0.39, 0.29) is 0 Å². The molecular weight excluding hydrogens is 186 g/mol. The van der Waals surface area contributed by atoms with E-state index in [9.17, 15) is 0 Å². The Morgan fingerprint density at radius 2 is 2.13 bits per heavy atom. The topological polar surface area (TPSA) is 21.7 Å². The van der Waals surface area contributed by atoms with E-state index >= 15 is 0 Å². The summed E-state index contributed by atoms with van der Waals surface area (Å²) in [6, 6.07) is 10.8. The molecule has 1 aliphatic heterocycles. The molecule has 0 fully saturated rings. The molecule has 3 rings (SSSR count). The SMILES string of the molecule is C[C@@H]1CCc2nn(-c3ccccc3)c[n+]21. The highest BCUT2D eigenvalue weighted by Gasteiger charge is 2.28. The molecule has 0 radical (unpaired) electrons. The average molecular weight is 200 g/mol. The number of fused-ring (bicyclic) bond motifs is 1. The molecule has 15 heavy (non-hydrogen) atoms. The highest BCUT2D eigenvalue weighted by Crippen LogP contribution is 2.15. The number of nitrogens with zero attached hydrogens (tertiary/aromatic N) is 3. The molecule has 1 aromatic carbocycles. The van der Waals surface area contributed by atoms with Crippen LogP contribution in [0.4, 0.5) is 0 Å². The molecule has 0 unspecified atom stereocenters. The molecule has 0 bridgehead atoms. The molecule has 1 atom stereocenters. The fraction of sp³-hybridized carbons (Fsp3) is 0.333. The predicted octanol–water partition coefficient (Wildman–Crippen LogP) is 1.67. The smallest absolute Gasteiger partial charge is 0.232 e. The lowest BCUT2D eigenvalue weighted by Gasteiger charge is -1.97. The summed E-state index contributed by atoms with van der Waals surface area (Å²) in [6.07, 6.45) is 4.42. The third-order valence-electron chi connectivity index (χ3n) is 3.04. The molecule has 1 aliphatic rings. The van der Waals surface area contributed by atoms with Gasteiger partial charge in [0.15, 0.2) is 0 Å². The van der Waals surface area contributed by atoms with Crippen molar-refractivity contribution in [1.82, 2.24) is 9.78 Å². The van der Waals surface area contributed by atoms with Gasteiger partial charge in [0.25, 0.3) is 5.82 Å². The van der Waals surface area contributed by atoms with Crippen molar-refractivity contribution in [3.8, 4) is 5.69 Å². The molecule has 1 aromatic heterocycles. The lowest BCUT2D eigenvalue weighted by Crippen LogP contribution is -2.34. The molecule has 2 aromatic rings.